The van der Waals surface area contributed by atoms with E-state index in [4.69, 9.17) is 8.85 Å². The topological polar surface area (TPSA) is 38.7 Å². The Labute approximate surface area is 285 Å². The van der Waals surface area contributed by atoms with Gasteiger partial charge in [0.25, 0.3) is 5.60 Å². The number of alkyl halides is 6. The molecule has 270 valence electrons. The minimum absolute atomic E-state index is 0.0624. The van der Waals surface area contributed by atoms with E-state index in [1.54, 1.807) is 13.0 Å². The normalized spacial score (nSPS) is 14.7. The van der Waals surface area contributed by atoms with Gasteiger partial charge in [-0.3, -0.25) is 0 Å². The molecule has 2 rings (SSSR count). The molecule has 0 aliphatic carbocycles. The van der Waals surface area contributed by atoms with Crippen LogP contribution in [0.3, 0.4) is 0 Å². The monoisotopic (exact) mass is 716 g/mol. The average Bonchev–Trinajstić information content (AvgIpc) is 2.94. The van der Waals surface area contributed by atoms with Crippen LogP contribution in [0.2, 0.25) is 36.3 Å². The molecule has 2 aromatic rings. The summed E-state index contributed by atoms with van der Waals surface area (Å²) in [6.45, 7) is 25.0. The summed E-state index contributed by atoms with van der Waals surface area (Å²) in [5.41, 5.74) is 0.599. The molecule has 11 heteroatoms. The van der Waals surface area contributed by atoms with Crippen LogP contribution in [-0.4, -0.2) is 39.7 Å². The van der Waals surface area contributed by atoms with Gasteiger partial charge in [-0.1, -0.05) is 103 Å². The third-order valence-corrected chi connectivity index (χ3v) is 18.9. The van der Waals surface area contributed by atoms with Gasteiger partial charge in [-0.15, -0.1) is 0 Å². The molecule has 0 aliphatic heterocycles. The second-order valence-electron chi connectivity index (χ2n) is 15.6. The molecule has 0 saturated heterocycles. The van der Waals surface area contributed by atoms with Crippen molar-refractivity contribution in [3.63, 3.8) is 0 Å². The summed E-state index contributed by atoms with van der Waals surface area (Å²) in [6, 6.07) is 13.8. The summed E-state index contributed by atoms with van der Waals surface area (Å²) < 4.78 is 91.6. The largest absolute Gasteiger partial charge is 0.430 e. The highest BCUT2D eigenvalue weighted by atomic mass is 28.4. The van der Waals surface area contributed by atoms with Gasteiger partial charge in [0.1, 0.15) is 0 Å². The van der Waals surface area contributed by atoms with Crippen molar-refractivity contribution in [1.82, 2.24) is 0 Å². The molecule has 0 atom stereocenters. The Morgan fingerprint density at radius 3 is 1.65 bits per heavy atom. The lowest BCUT2D eigenvalue weighted by Crippen LogP contribution is -2.55. The van der Waals surface area contributed by atoms with Crippen molar-refractivity contribution < 1.29 is 40.3 Å². The molecule has 0 heterocycles. The van der Waals surface area contributed by atoms with Gasteiger partial charge in [-0.2, -0.15) is 26.3 Å². The molecular formula is C37H54F6O3Si2. The Balaban J connectivity index is 2.33. The van der Waals surface area contributed by atoms with Crippen LogP contribution in [0.15, 0.2) is 60.7 Å². The Morgan fingerprint density at radius 1 is 0.708 bits per heavy atom. The molecule has 2 aromatic carbocycles. The van der Waals surface area contributed by atoms with Crippen LogP contribution in [0.5, 0.6) is 0 Å². The number of hydrogen-bond acceptors (Lipinski definition) is 3. The van der Waals surface area contributed by atoms with Crippen LogP contribution in [0.25, 0.3) is 5.57 Å². The summed E-state index contributed by atoms with van der Waals surface area (Å²) >= 11 is 0. The SMILES string of the molecule is CC/C(=C/C=C/C(O)(C(F)(F)F)C(F)(F)F)c1cccc(CCc2ccc(CO[Si](C)(C)C(C)(C)C)c(CO[Si](C)(C)C(C)(C)C)c2)c1. The van der Waals surface area contributed by atoms with Crippen molar-refractivity contribution in [3.8, 4) is 0 Å². The fraction of sp³-hybridized carbons (Fsp3) is 0.568. The smallest absolute Gasteiger partial charge is 0.413 e. The third kappa shape index (κ3) is 10.7. The quantitative estimate of drug-likeness (QED) is 0.127. The lowest BCUT2D eigenvalue weighted by atomic mass is 9.96. The maximum Gasteiger partial charge on any atom is 0.430 e. The van der Waals surface area contributed by atoms with Crippen molar-refractivity contribution in [2.45, 2.75) is 135 Å². The molecule has 0 spiro atoms. The minimum atomic E-state index is -5.91. The van der Waals surface area contributed by atoms with Crippen molar-refractivity contribution >= 4 is 22.2 Å². The summed E-state index contributed by atoms with van der Waals surface area (Å²) in [6.07, 6.45) is -8.51. The van der Waals surface area contributed by atoms with E-state index >= 15 is 0 Å². The minimum Gasteiger partial charge on any atom is -0.413 e. The zero-order valence-electron chi connectivity index (χ0n) is 30.3. The van der Waals surface area contributed by atoms with Gasteiger partial charge in [0.15, 0.2) is 16.6 Å². The van der Waals surface area contributed by atoms with E-state index in [1.165, 1.54) is 6.08 Å². The molecule has 0 radical (unpaired) electrons. The number of aliphatic hydroxyl groups is 1. The first kappa shape index (κ1) is 42.0. The van der Waals surface area contributed by atoms with Gasteiger partial charge < -0.3 is 14.0 Å². The first-order valence-electron chi connectivity index (χ1n) is 16.4. The molecule has 0 bridgehead atoms. The number of halogens is 6. The highest BCUT2D eigenvalue weighted by molar-refractivity contribution is 6.74. The molecule has 0 unspecified atom stereocenters. The second kappa shape index (κ2) is 15.4. The van der Waals surface area contributed by atoms with Gasteiger partial charge in [0.2, 0.25) is 0 Å². The fourth-order valence-electron chi connectivity index (χ4n) is 4.35. The average molecular weight is 717 g/mol. The predicted molar refractivity (Wildman–Crippen MR) is 189 cm³/mol. The molecule has 0 aliphatic rings. The fourth-order valence-corrected chi connectivity index (χ4v) is 6.24. The number of aryl methyl sites for hydroxylation is 2. The van der Waals surface area contributed by atoms with Crippen LogP contribution in [-0.2, 0) is 34.9 Å². The molecule has 48 heavy (non-hydrogen) atoms. The zero-order valence-corrected chi connectivity index (χ0v) is 32.3. The number of rotatable bonds is 13. The van der Waals surface area contributed by atoms with E-state index in [1.807, 2.05) is 18.2 Å². The molecule has 0 fully saturated rings. The summed E-state index contributed by atoms with van der Waals surface area (Å²) in [4.78, 5) is 0. The third-order valence-electron chi connectivity index (χ3n) is 9.94. The summed E-state index contributed by atoms with van der Waals surface area (Å²) in [5.74, 6) is 0. The van der Waals surface area contributed by atoms with Crippen LogP contribution in [0, 0.1) is 0 Å². The maximum absolute atomic E-state index is 13.1. The van der Waals surface area contributed by atoms with Crippen molar-refractivity contribution in [2.75, 3.05) is 0 Å². The zero-order chi connectivity index (χ0) is 37.0. The van der Waals surface area contributed by atoms with Crippen molar-refractivity contribution in [1.29, 1.82) is 0 Å². The van der Waals surface area contributed by atoms with E-state index in [9.17, 15) is 31.4 Å². The van der Waals surface area contributed by atoms with Crippen LogP contribution in [0.4, 0.5) is 26.3 Å². The van der Waals surface area contributed by atoms with E-state index < -0.39 is 34.6 Å². The molecule has 0 aromatic heterocycles. The Hall–Kier alpha value is -2.19. The van der Waals surface area contributed by atoms with Gasteiger partial charge in [-0.25, -0.2) is 0 Å². The van der Waals surface area contributed by atoms with E-state index in [2.05, 4.69) is 85.9 Å². The van der Waals surface area contributed by atoms with E-state index in [0.717, 1.165) is 28.7 Å². The highest BCUT2D eigenvalue weighted by Gasteiger charge is 2.68. The van der Waals surface area contributed by atoms with Crippen LogP contribution < -0.4 is 0 Å². The Bertz CT molecular complexity index is 1410. The molecule has 3 nitrogen and oxygen atoms in total. The van der Waals surface area contributed by atoms with Crippen molar-refractivity contribution in [2.24, 2.45) is 0 Å². The maximum atomic E-state index is 13.1. The lowest BCUT2D eigenvalue weighted by Gasteiger charge is -2.37. The molecule has 1 N–H and O–H groups in total. The highest BCUT2D eigenvalue weighted by Crippen LogP contribution is 2.44. The van der Waals surface area contributed by atoms with Crippen LogP contribution in [0.1, 0.15) is 82.7 Å². The first-order valence-corrected chi connectivity index (χ1v) is 22.2. The molecule has 0 amide bonds. The second-order valence-corrected chi connectivity index (χ2v) is 25.2. The lowest BCUT2D eigenvalue weighted by molar-refractivity contribution is -0.347. The van der Waals surface area contributed by atoms with Gasteiger partial charge in [-0.05, 0) is 95.0 Å². The first-order chi connectivity index (χ1) is 21.6. The number of hydrogen-bond donors (Lipinski definition) is 1. The molecule has 0 saturated carbocycles. The van der Waals surface area contributed by atoms with Crippen molar-refractivity contribution in [3.05, 3.63) is 88.5 Å². The van der Waals surface area contributed by atoms with Crippen LogP contribution >= 0.6 is 0 Å². The van der Waals surface area contributed by atoms with Gasteiger partial charge >= 0.3 is 12.4 Å². The summed E-state index contributed by atoms with van der Waals surface area (Å²) in [7, 11) is -4.00. The number of benzene rings is 2. The van der Waals surface area contributed by atoms with E-state index in [0.29, 0.717) is 43.3 Å². The molecular weight excluding hydrogens is 663 g/mol. The predicted octanol–water partition coefficient (Wildman–Crippen LogP) is 11.7. The standard InChI is InChI=1S/C37H54F6O3Si2/c1-12-29(17-14-22-35(44,36(38,39)40)37(41,42)43)30-16-13-15-27(23-30)18-19-28-20-21-31(25-45-47(8,9)33(2,3)4)32(24-28)26-46-48(10,11)34(5,6)7/h13-17,20-24,44H,12,18-19,25-26H2,1-11H3/b22-14+,29-17-. The Morgan fingerprint density at radius 2 is 1.19 bits per heavy atom. The Kier molecular flexibility index (Phi) is 13.4. The van der Waals surface area contributed by atoms with Gasteiger partial charge in [0.05, 0.1) is 13.2 Å². The van der Waals surface area contributed by atoms with E-state index in [-0.39, 0.29) is 16.2 Å². The number of allylic oxidation sites excluding steroid dienone is 3. The summed E-state index contributed by atoms with van der Waals surface area (Å²) in [5, 5.41) is 9.57. The van der Waals surface area contributed by atoms with Gasteiger partial charge in [0, 0.05) is 0 Å².